The van der Waals surface area contributed by atoms with Gasteiger partial charge in [-0.05, 0) is 33.8 Å². The van der Waals surface area contributed by atoms with Crippen LogP contribution in [0.5, 0.6) is 0 Å². The standard InChI is InChI=1S/C19H17N3O2S4/c23-16(20-4-7-26-10-13-3-6-25-9-13)8-22-12-21-18-17(19(22)24)14(11-28-18)15-2-1-5-27-15/h1-3,5-6,9,11-12H,4,7-8,10H2,(H,20,23). The van der Waals surface area contributed by atoms with Crippen LogP contribution in [0.1, 0.15) is 5.56 Å². The van der Waals surface area contributed by atoms with Gasteiger partial charge in [0.2, 0.25) is 5.91 Å². The zero-order valence-electron chi connectivity index (χ0n) is 14.8. The van der Waals surface area contributed by atoms with Gasteiger partial charge in [-0.15, -0.1) is 22.7 Å². The monoisotopic (exact) mass is 447 g/mol. The minimum Gasteiger partial charge on any atom is -0.354 e. The Bertz CT molecular complexity index is 1110. The number of hydrogen-bond acceptors (Lipinski definition) is 7. The molecule has 0 saturated heterocycles. The first-order valence-corrected chi connectivity index (χ1v) is 12.4. The van der Waals surface area contributed by atoms with Crippen molar-refractivity contribution >= 4 is 61.9 Å². The molecule has 28 heavy (non-hydrogen) atoms. The van der Waals surface area contributed by atoms with Crippen LogP contribution in [-0.4, -0.2) is 27.8 Å². The number of carbonyl (C=O) groups is 1. The number of carbonyl (C=O) groups excluding carboxylic acids is 1. The van der Waals surface area contributed by atoms with Crippen LogP contribution >= 0.6 is 45.8 Å². The second-order valence-corrected chi connectivity index (χ2v) is 9.71. The second-order valence-electron chi connectivity index (χ2n) is 6.02. The molecule has 0 atom stereocenters. The van der Waals surface area contributed by atoms with Crippen LogP contribution in [0.3, 0.4) is 0 Å². The summed E-state index contributed by atoms with van der Waals surface area (Å²) in [6.45, 7) is 0.563. The first-order valence-electron chi connectivity index (χ1n) is 8.58. The average molecular weight is 448 g/mol. The number of rotatable bonds is 8. The lowest BCUT2D eigenvalue weighted by molar-refractivity contribution is -0.121. The van der Waals surface area contributed by atoms with Gasteiger partial charge in [0.15, 0.2) is 0 Å². The highest BCUT2D eigenvalue weighted by atomic mass is 32.2. The fourth-order valence-corrected chi connectivity index (χ4v) is 6.03. The summed E-state index contributed by atoms with van der Waals surface area (Å²) < 4.78 is 1.39. The van der Waals surface area contributed by atoms with E-state index in [1.807, 2.05) is 22.9 Å². The molecule has 4 rings (SSSR count). The minimum atomic E-state index is -0.174. The van der Waals surface area contributed by atoms with Gasteiger partial charge in [-0.25, -0.2) is 4.98 Å². The van der Waals surface area contributed by atoms with Crippen LogP contribution in [0.2, 0.25) is 0 Å². The number of aromatic nitrogens is 2. The number of hydrogen-bond donors (Lipinski definition) is 1. The molecule has 4 aromatic heterocycles. The molecule has 0 radical (unpaired) electrons. The molecule has 4 aromatic rings. The Kier molecular flexibility index (Phi) is 6.26. The predicted molar refractivity (Wildman–Crippen MR) is 121 cm³/mol. The number of thioether (sulfide) groups is 1. The molecule has 0 unspecified atom stereocenters. The molecule has 1 amide bonds. The maximum atomic E-state index is 12.9. The number of fused-ring (bicyclic) bond motifs is 1. The summed E-state index contributed by atoms with van der Waals surface area (Å²) in [5.74, 6) is 1.61. The molecule has 0 aromatic carbocycles. The van der Waals surface area contributed by atoms with Crippen molar-refractivity contribution < 1.29 is 4.79 Å². The lowest BCUT2D eigenvalue weighted by atomic mass is 10.2. The van der Waals surface area contributed by atoms with E-state index in [0.717, 1.165) is 21.9 Å². The molecule has 144 valence electrons. The van der Waals surface area contributed by atoms with E-state index in [4.69, 9.17) is 0 Å². The van der Waals surface area contributed by atoms with Gasteiger partial charge in [0.25, 0.3) is 5.56 Å². The van der Waals surface area contributed by atoms with Gasteiger partial charge in [0.05, 0.1) is 11.7 Å². The first kappa shape index (κ1) is 19.4. The van der Waals surface area contributed by atoms with Gasteiger partial charge >= 0.3 is 0 Å². The van der Waals surface area contributed by atoms with Crippen molar-refractivity contribution in [2.45, 2.75) is 12.3 Å². The van der Waals surface area contributed by atoms with Crippen molar-refractivity contribution in [2.24, 2.45) is 0 Å². The molecule has 1 N–H and O–H groups in total. The fraction of sp³-hybridized carbons (Fsp3) is 0.211. The van der Waals surface area contributed by atoms with Gasteiger partial charge in [-0.1, -0.05) is 6.07 Å². The smallest absolute Gasteiger partial charge is 0.263 e. The highest BCUT2D eigenvalue weighted by molar-refractivity contribution is 7.98. The van der Waals surface area contributed by atoms with E-state index >= 15 is 0 Å². The molecule has 0 bridgehead atoms. The summed E-state index contributed by atoms with van der Waals surface area (Å²) in [7, 11) is 0. The van der Waals surface area contributed by atoms with Gasteiger partial charge < -0.3 is 5.32 Å². The summed E-state index contributed by atoms with van der Waals surface area (Å²) in [5, 5.41) is 11.6. The lowest BCUT2D eigenvalue weighted by Crippen LogP contribution is -2.33. The molecule has 0 saturated carbocycles. The zero-order chi connectivity index (χ0) is 19.3. The quantitative estimate of drug-likeness (QED) is 0.409. The van der Waals surface area contributed by atoms with Gasteiger partial charge in [0.1, 0.15) is 11.4 Å². The summed E-state index contributed by atoms with van der Waals surface area (Å²) in [6, 6.07) is 6.06. The molecule has 9 heteroatoms. The van der Waals surface area contributed by atoms with Crippen molar-refractivity contribution in [2.75, 3.05) is 12.3 Å². The third kappa shape index (κ3) is 4.38. The summed E-state index contributed by atoms with van der Waals surface area (Å²) in [5.41, 5.74) is 2.04. The van der Waals surface area contributed by atoms with Gasteiger partial charge in [-0.3, -0.25) is 14.2 Å². The van der Waals surface area contributed by atoms with Crippen molar-refractivity contribution in [1.29, 1.82) is 0 Å². The normalized spacial score (nSPS) is 11.1. The SMILES string of the molecule is O=C(Cn1cnc2scc(-c3cccs3)c2c1=O)NCCSCc1ccsc1. The van der Waals surface area contributed by atoms with Crippen molar-refractivity contribution in [1.82, 2.24) is 14.9 Å². The minimum absolute atomic E-state index is 0.0172. The highest BCUT2D eigenvalue weighted by Gasteiger charge is 2.15. The maximum absolute atomic E-state index is 12.9. The molecule has 0 fully saturated rings. The molecule has 0 aliphatic rings. The lowest BCUT2D eigenvalue weighted by Gasteiger charge is -2.07. The Morgan fingerprint density at radius 1 is 1.21 bits per heavy atom. The summed E-state index contributed by atoms with van der Waals surface area (Å²) in [6.07, 6.45) is 1.46. The zero-order valence-corrected chi connectivity index (χ0v) is 18.1. The Morgan fingerprint density at radius 3 is 2.93 bits per heavy atom. The topological polar surface area (TPSA) is 64.0 Å². The molecule has 4 heterocycles. The third-order valence-corrected chi connectivity index (χ3v) is 7.63. The van der Waals surface area contributed by atoms with Crippen LogP contribution in [0.4, 0.5) is 0 Å². The predicted octanol–water partition coefficient (Wildman–Crippen LogP) is 4.30. The van der Waals surface area contributed by atoms with E-state index in [2.05, 4.69) is 27.1 Å². The van der Waals surface area contributed by atoms with Gasteiger partial charge in [-0.2, -0.15) is 23.1 Å². The fourth-order valence-electron chi connectivity index (χ4n) is 2.73. The third-order valence-electron chi connectivity index (χ3n) is 4.08. The van der Waals surface area contributed by atoms with Crippen LogP contribution in [-0.2, 0) is 17.1 Å². The largest absolute Gasteiger partial charge is 0.354 e. The van der Waals surface area contributed by atoms with E-state index < -0.39 is 0 Å². The first-order chi connectivity index (χ1) is 13.7. The van der Waals surface area contributed by atoms with E-state index in [9.17, 15) is 9.59 Å². The second kappa shape index (κ2) is 9.04. The van der Waals surface area contributed by atoms with Crippen LogP contribution < -0.4 is 10.9 Å². The summed E-state index contributed by atoms with van der Waals surface area (Å²) >= 11 is 6.51. The molecular weight excluding hydrogens is 430 g/mol. The van der Waals surface area contributed by atoms with Crippen molar-refractivity contribution in [3.05, 3.63) is 62.0 Å². The molecular formula is C19H17N3O2S4. The number of nitrogens with zero attached hydrogens (tertiary/aromatic N) is 2. The van der Waals surface area contributed by atoms with Crippen LogP contribution in [0.25, 0.3) is 20.7 Å². The van der Waals surface area contributed by atoms with Crippen LogP contribution in [0, 0.1) is 0 Å². The van der Waals surface area contributed by atoms with Crippen molar-refractivity contribution in [3.63, 3.8) is 0 Å². The molecule has 5 nitrogen and oxygen atoms in total. The summed E-state index contributed by atoms with van der Waals surface area (Å²) in [4.78, 5) is 31.3. The number of nitrogens with one attached hydrogen (secondary N) is 1. The average Bonchev–Trinajstić information content (AvgIpc) is 3.45. The number of amides is 1. The molecule has 0 spiro atoms. The Morgan fingerprint density at radius 2 is 2.14 bits per heavy atom. The molecule has 0 aliphatic heterocycles. The Hall–Kier alpha value is -1.94. The van der Waals surface area contributed by atoms with E-state index in [0.29, 0.717) is 16.8 Å². The highest BCUT2D eigenvalue weighted by Crippen LogP contribution is 2.33. The van der Waals surface area contributed by atoms with E-state index in [-0.39, 0.29) is 18.0 Å². The Balaban J connectivity index is 1.37. The van der Waals surface area contributed by atoms with Crippen LogP contribution in [0.15, 0.2) is 50.8 Å². The Labute approximate surface area is 178 Å². The molecule has 0 aliphatic carbocycles. The van der Waals surface area contributed by atoms with Crippen molar-refractivity contribution in [3.8, 4) is 10.4 Å². The number of thiophene rings is 3. The maximum Gasteiger partial charge on any atom is 0.263 e. The van der Waals surface area contributed by atoms with E-state index in [1.165, 1.54) is 27.8 Å². The van der Waals surface area contributed by atoms with Gasteiger partial charge in [0, 0.05) is 33.9 Å². The van der Waals surface area contributed by atoms with E-state index in [1.54, 1.807) is 34.4 Å².